The topological polar surface area (TPSA) is 66.9 Å². The molecule has 0 spiro atoms. The number of nitro benzene ring substituents is 1. The smallest absolute Gasteiger partial charge is 0.258 e. The van der Waals surface area contributed by atoms with Crippen LogP contribution in [0.15, 0.2) is 23.1 Å². The molecule has 0 atom stereocenters. The first kappa shape index (κ1) is 11.9. The molecule has 17 heavy (non-hydrogen) atoms. The van der Waals surface area contributed by atoms with Gasteiger partial charge in [0.05, 0.1) is 21.5 Å². The number of nitrogens with zero attached hydrogens (tertiary/aromatic N) is 2. The number of nitriles is 1. The van der Waals surface area contributed by atoms with Crippen molar-refractivity contribution in [3.8, 4) is 6.07 Å². The van der Waals surface area contributed by atoms with Crippen LogP contribution < -0.4 is 0 Å². The van der Waals surface area contributed by atoms with Crippen LogP contribution in [0.5, 0.6) is 0 Å². The maximum Gasteiger partial charge on any atom is 0.284 e. The fraction of sp³-hybridized carbons (Fsp3) is 0.417. The molecule has 0 saturated heterocycles. The second-order valence-corrected chi connectivity index (χ2v) is 5.42. The maximum absolute atomic E-state index is 10.9. The summed E-state index contributed by atoms with van der Waals surface area (Å²) < 4.78 is 0. The van der Waals surface area contributed by atoms with E-state index in [1.54, 1.807) is 23.9 Å². The summed E-state index contributed by atoms with van der Waals surface area (Å²) in [5, 5.41) is 20.2. The molecule has 1 aliphatic rings. The van der Waals surface area contributed by atoms with E-state index in [-0.39, 0.29) is 5.69 Å². The van der Waals surface area contributed by atoms with Crippen molar-refractivity contribution in [2.45, 2.75) is 35.8 Å². The Bertz CT molecular complexity index is 476. The van der Waals surface area contributed by atoms with Crippen LogP contribution in [0.4, 0.5) is 5.69 Å². The molecule has 0 amide bonds. The highest BCUT2D eigenvalue weighted by Gasteiger charge is 2.21. The number of rotatable bonds is 3. The van der Waals surface area contributed by atoms with Gasteiger partial charge in [-0.25, -0.2) is 0 Å². The molecule has 1 aromatic carbocycles. The number of benzene rings is 1. The van der Waals surface area contributed by atoms with Gasteiger partial charge in [0.15, 0.2) is 0 Å². The van der Waals surface area contributed by atoms with Gasteiger partial charge in [-0.3, -0.25) is 10.1 Å². The van der Waals surface area contributed by atoms with Crippen molar-refractivity contribution in [1.82, 2.24) is 0 Å². The van der Waals surface area contributed by atoms with E-state index in [2.05, 4.69) is 0 Å². The molecule has 4 nitrogen and oxygen atoms in total. The lowest BCUT2D eigenvalue weighted by atomic mass is 10.2. The monoisotopic (exact) mass is 248 g/mol. The summed E-state index contributed by atoms with van der Waals surface area (Å²) in [6.07, 6.45) is 4.67. The zero-order valence-corrected chi connectivity index (χ0v) is 10.1. The van der Waals surface area contributed by atoms with Crippen molar-refractivity contribution in [3.05, 3.63) is 33.9 Å². The fourth-order valence-electron chi connectivity index (χ4n) is 2.02. The van der Waals surface area contributed by atoms with E-state index in [0.717, 1.165) is 12.8 Å². The Morgan fingerprint density at radius 3 is 2.71 bits per heavy atom. The first-order valence-corrected chi connectivity index (χ1v) is 6.44. The van der Waals surface area contributed by atoms with Crippen LogP contribution in [0.1, 0.15) is 31.2 Å². The Morgan fingerprint density at radius 1 is 1.41 bits per heavy atom. The third-order valence-corrected chi connectivity index (χ3v) is 4.28. The SMILES string of the molecule is N#Cc1ccc(SC2CCCC2)c([N+](=O)[O-])c1. The van der Waals surface area contributed by atoms with Crippen LogP contribution >= 0.6 is 11.8 Å². The molecule has 0 radical (unpaired) electrons. The second-order valence-electron chi connectivity index (χ2n) is 4.08. The molecular formula is C12H12N2O2S. The third kappa shape index (κ3) is 2.77. The van der Waals surface area contributed by atoms with Crippen LogP contribution in [0, 0.1) is 21.4 Å². The quantitative estimate of drug-likeness (QED) is 0.606. The zero-order valence-electron chi connectivity index (χ0n) is 9.26. The molecule has 88 valence electrons. The lowest BCUT2D eigenvalue weighted by molar-refractivity contribution is -0.387. The first-order chi connectivity index (χ1) is 8.20. The van der Waals surface area contributed by atoms with E-state index in [0.29, 0.717) is 15.7 Å². The third-order valence-electron chi connectivity index (χ3n) is 2.88. The molecule has 0 aromatic heterocycles. The van der Waals surface area contributed by atoms with Crippen molar-refractivity contribution in [1.29, 1.82) is 5.26 Å². The van der Waals surface area contributed by atoms with Crippen molar-refractivity contribution >= 4 is 17.4 Å². The van der Waals surface area contributed by atoms with Gasteiger partial charge in [0, 0.05) is 11.3 Å². The highest BCUT2D eigenvalue weighted by atomic mass is 32.2. The van der Waals surface area contributed by atoms with Crippen molar-refractivity contribution < 1.29 is 4.92 Å². The lowest BCUT2D eigenvalue weighted by Crippen LogP contribution is -1.97. The molecule has 0 N–H and O–H groups in total. The van der Waals surface area contributed by atoms with Gasteiger partial charge in [-0.1, -0.05) is 12.8 Å². The molecule has 1 saturated carbocycles. The van der Waals surface area contributed by atoms with Crippen LogP contribution in [0.25, 0.3) is 0 Å². The van der Waals surface area contributed by atoms with Gasteiger partial charge >= 0.3 is 0 Å². The van der Waals surface area contributed by atoms with Gasteiger partial charge < -0.3 is 0 Å². The summed E-state index contributed by atoms with van der Waals surface area (Å²) in [4.78, 5) is 11.2. The summed E-state index contributed by atoms with van der Waals surface area (Å²) in [5.74, 6) is 0. The van der Waals surface area contributed by atoms with E-state index in [1.807, 2.05) is 6.07 Å². The Balaban J connectivity index is 2.26. The van der Waals surface area contributed by atoms with Crippen molar-refractivity contribution in [3.63, 3.8) is 0 Å². The Hall–Kier alpha value is -1.54. The van der Waals surface area contributed by atoms with Gasteiger partial charge in [-0.05, 0) is 25.0 Å². The molecule has 0 heterocycles. The molecule has 1 aliphatic carbocycles. The predicted octanol–water partition coefficient (Wildman–Crippen LogP) is 3.50. The molecule has 1 fully saturated rings. The van der Waals surface area contributed by atoms with Gasteiger partial charge in [-0.2, -0.15) is 5.26 Å². The summed E-state index contributed by atoms with van der Waals surface area (Å²) in [7, 11) is 0. The molecule has 2 rings (SSSR count). The largest absolute Gasteiger partial charge is 0.284 e. The van der Waals surface area contributed by atoms with Crippen LogP contribution in [0.2, 0.25) is 0 Å². The van der Waals surface area contributed by atoms with Crippen molar-refractivity contribution in [2.24, 2.45) is 0 Å². The van der Waals surface area contributed by atoms with Crippen molar-refractivity contribution in [2.75, 3.05) is 0 Å². The average Bonchev–Trinajstić information content (AvgIpc) is 2.82. The van der Waals surface area contributed by atoms with Gasteiger partial charge in [0.1, 0.15) is 0 Å². The van der Waals surface area contributed by atoms with Crippen LogP contribution in [-0.4, -0.2) is 10.2 Å². The highest BCUT2D eigenvalue weighted by molar-refractivity contribution is 8.00. The van der Waals surface area contributed by atoms with E-state index < -0.39 is 4.92 Å². The second kappa shape index (κ2) is 5.19. The van der Waals surface area contributed by atoms with E-state index in [1.165, 1.54) is 18.9 Å². The minimum absolute atomic E-state index is 0.0564. The van der Waals surface area contributed by atoms with Crippen LogP contribution in [0.3, 0.4) is 0 Å². The average molecular weight is 248 g/mol. The molecule has 0 bridgehead atoms. The number of hydrogen-bond donors (Lipinski definition) is 0. The zero-order chi connectivity index (χ0) is 12.3. The molecule has 1 aromatic rings. The molecular weight excluding hydrogens is 236 g/mol. The van der Waals surface area contributed by atoms with Gasteiger partial charge in [0.25, 0.3) is 5.69 Å². The fourth-order valence-corrected chi connectivity index (χ4v) is 3.34. The standard InChI is InChI=1S/C12H12N2O2S/c13-8-9-5-6-12(11(7-9)14(15)16)17-10-3-1-2-4-10/h5-7,10H,1-4H2. The predicted molar refractivity (Wildman–Crippen MR) is 65.9 cm³/mol. The lowest BCUT2D eigenvalue weighted by Gasteiger charge is -2.08. The summed E-state index contributed by atoms with van der Waals surface area (Å²) in [6.45, 7) is 0. The number of nitro groups is 1. The Labute approximate surface area is 104 Å². The molecule has 5 heteroatoms. The number of hydrogen-bond acceptors (Lipinski definition) is 4. The van der Waals surface area contributed by atoms with E-state index in [9.17, 15) is 10.1 Å². The Morgan fingerprint density at radius 2 is 2.12 bits per heavy atom. The van der Waals surface area contributed by atoms with Gasteiger partial charge in [0.2, 0.25) is 0 Å². The minimum Gasteiger partial charge on any atom is -0.258 e. The molecule has 0 unspecified atom stereocenters. The minimum atomic E-state index is -0.405. The summed E-state index contributed by atoms with van der Waals surface area (Å²) >= 11 is 1.57. The number of thioether (sulfide) groups is 1. The highest BCUT2D eigenvalue weighted by Crippen LogP contribution is 2.39. The summed E-state index contributed by atoms with van der Waals surface area (Å²) in [6, 6.07) is 6.63. The first-order valence-electron chi connectivity index (χ1n) is 5.56. The summed E-state index contributed by atoms with van der Waals surface area (Å²) in [5.41, 5.74) is 0.397. The van der Waals surface area contributed by atoms with E-state index >= 15 is 0 Å². The Kier molecular flexibility index (Phi) is 3.64. The molecule has 0 aliphatic heterocycles. The van der Waals surface area contributed by atoms with Gasteiger partial charge in [-0.15, -0.1) is 11.8 Å². The normalized spacial score (nSPS) is 15.7. The maximum atomic E-state index is 10.9. The van der Waals surface area contributed by atoms with E-state index in [4.69, 9.17) is 5.26 Å². The van der Waals surface area contributed by atoms with Crippen LogP contribution in [-0.2, 0) is 0 Å².